The van der Waals surface area contributed by atoms with Gasteiger partial charge in [-0.25, -0.2) is 0 Å². The lowest BCUT2D eigenvalue weighted by molar-refractivity contribution is -0.137. The Morgan fingerprint density at radius 3 is 1.96 bits per heavy atom. The van der Waals surface area contributed by atoms with Crippen LogP contribution >= 0.6 is 0 Å². The van der Waals surface area contributed by atoms with Crippen LogP contribution in [0.25, 0.3) is 22.2 Å². The Morgan fingerprint density at radius 1 is 0.786 bits per heavy atom. The Bertz CT molecular complexity index is 946. The van der Waals surface area contributed by atoms with Gasteiger partial charge in [0.05, 0.1) is 42.0 Å². The molecule has 0 radical (unpaired) electrons. The number of nitrogens with one attached hydrogen (secondary N) is 1. The summed E-state index contributed by atoms with van der Waals surface area (Å²) in [4.78, 5) is 3.25. The zero-order valence-corrected chi connectivity index (χ0v) is 15.9. The zero-order chi connectivity index (χ0) is 20.3. The highest BCUT2D eigenvalue weighted by molar-refractivity contribution is 6.00. The van der Waals surface area contributed by atoms with Crippen LogP contribution in [0.4, 0.5) is 13.2 Å². The van der Waals surface area contributed by atoms with E-state index in [0.717, 1.165) is 17.6 Å². The smallest absolute Gasteiger partial charge is 0.416 e. The molecule has 3 rings (SSSR count). The number of halogens is 3. The van der Waals surface area contributed by atoms with Gasteiger partial charge in [0.1, 0.15) is 0 Å². The average Bonchev–Trinajstić information content (AvgIpc) is 3.02. The number of rotatable bonds is 7. The van der Waals surface area contributed by atoms with Crippen LogP contribution in [0.3, 0.4) is 0 Å². The fourth-order valence-electron chi connectivity index (χ4n) is 3.08. The molecule has 0 fully saturated rings. The Hall–Kier alpha value is -2.83. The van der Waals surface area contributed by atoms with Gasteiger partial charge in [-0.15, -0.1) is 0 Å². The number of ether oxygens (including phenoxy) is 3. The first-order chi connectivity index (χ1) is 13.4. The highest BCUT2D eigenvalue weighted by atomic mass is 19.4. The highest BCUT2D eigenvalue weighted by Gasteiger charge is 2.30. The lowest BCUT2D eigenvalue weighted by atomic mass is 10.1. The number of aromatic amines is 1. The van der Waals surface area contributed by atoms with E-state index in [1.165, 1.54) is 12.1 Å². The molecule has 3 aromatic rings. The van der Waals surface area contributed by atoms with E-state index in [2.05, 4.69) is 4.98 Å². The number of fused-ring (bicyclic) bond motifs is 1. The number of hydrogen-bond donors (Lipinski definition) is 1. The predicted molar refractivity (Wildman–Crippen MR) is 102 cm³/mol. The van der Waals surface area contributed by atoms with Gasteiger partial charge in [0.2, 0.25) is 0 Å². The maximum absolute atomic E-state index is 12.9. The normalized spacial score (nSPS) is 11.6. The highest BCUT2D eigenvalue weighted by Crippen LogP contribution is 2.46. The Balaban J connectivity index is 2.20. The molecule has 28 heavy (non-hydrogen) atoms. The molecule has 0 unspecified atom stereocenters. The molecule has 0 aliphatic heterocycles. The van der Waals surface area contributed by atoms with Crippen LogP contribution in [0.1, 0.15) is 26.3 Å². The van der Waals surface area contributed by atoms with Crippen molar-refractivity contribution in [2.24, 2.45) is 0 Å². The van der Waals surface area contributed by atoms with Crippen molar-refractivity contribution >= 4 is 10.9 Å². The second kappa shape index (κ2) is 8.04. The van der Waals surface area contributed by atoms with Crippen LogP contribution in [0.15, 0.2) is 36.4 Å². The SMILES string of the molecule is CCOc1ccc2[nH]c(-c3ccc(C(F)(F)F)cc3)c(OCC)c2c1OCC. The summed E-state index contributed by atoms with van der Waals surface area (Å²) in [7, 11) is 0. The molecule has 2 aromatic carbocycles. The van der Waals surface area contributed by atoms with Crippen molar-refractivity contribution in [1.29, 1.82) is 0 Å². The first-order valence-corrected chi connectivity index (χ1v) is 9.15. The summed E-state index contributed by atoms with van der Waals surface area (Å²) in [5.41, 5.74) is 1.25. The van der Waals surface area contributed by atoms with Crippen molar-refractivity contribution in [3.63, 3.8) is 0 Å². The lowest BCUT2D eigenvalue weighted by Crippen LogP contribution is -2.04. The van der Waals surface area contributed by atoms with Crippen molar-refractivity contribution in [2.45, 2.75) is 26.9 Å². The van der Waals surface area contributed by atoms with Gasteiger partial charge < -0.3 is 19.2 Å². The summed E-state index contributed by atoms with van der Waals surface area (Å²) in [6.07, 6.45) is -4.38. The molecule has 150 valence electrons. The van der Waals surface area contributed by atoms with Crippen molar-refractivity contribution < 1.29 is 27.4 Å². The molecule has 0 spiro atoms. The molecule has 0 atom stereocenters. The molecule has 0 aliphatic rings. The Labute approximate surface area is 161 Å². The van der Waals surface area contributed by atoms with Crippen LogP contribution in [0.2, 0.25) is 0 Å². The summed E-state index contributed by atoms with van der Waals surface area (Å²) < 4.78 is 56.0. The van der Waals surface area contributed by atoms with Crippen molar-refractivity contribution in [1.82, 2.24) is 4.98 Å². The third-order valence-corrected chi connectivity index (χ3v) is 4.21. The van der Waals surface area contributed by atoms with Crippen LogP contribution in [0.5, 0.6) is 17.2 Å². The molecule has 0 saturated heterocycles. The molecule has 7 heteroatoms. The lowest BCUT2D eigenvalue weighted by Gasteiger charge is -2.13. The summed E-state index contributed by atoms with van der Waals surface area (Å²) in [6.45, 7) is 6.91. The third kappa shape index (κ3) is 3.74. The maximum Gasteiger partial charge on any atom is 0.416 e. The Kier molecular flexibility index (Phi) is 5.72. The fourth-order valence-corrected chi connectivity index (χ4v) is 3.08. The Morgan fingerprint density at radius 2 is 1.39 bits per heavy atom. The van der Waals surface area contributed by atoms with Crippen LogP contribution in [-0.4, -0.2) is 24.8 Å². The molecule has 0 aliphatic carbocycles. The molecule has 0 amide bonds. The monoisotopic (exact) mass is 393 g/mol. The second-order valence-corrected chi connectivity index (χ2v) is 6.02. The molecule has 4 nitrogen and oxygen atoms in total. The van der Waals surface area contributed by atoms with Crippen molar-refractivity contribution in [2.75, 3.05) is 19.8 Å². The van der Waals surface area contributed by atoms with Crippen LogP contribution < -0.4 is 14.2 Å². The molecular formula is C21H22F3NO3. The van der Waals surface area contributed by atoms with Gasteiger partial charge in [0.25, 0.3) is 0 Å². The number of aromatic nitrogens is 1. The van der Waals surface area contributed by atoms with Gasteiger partial charge in [-0.2, -0.15) is 13.2 Å². The summed E-state index contributed by atoms with van der Waals surface area (Å²) >= 11 is 0. The maximum atomic E-state index is 12.9. The fraction of sp³-hybridized carbons (Fsp3) is 0.333. The molecule has 1 aromatic heterocycles. The minimum atomic E-state index is -4.38. The molecule has 1 heterocycles. The van der Waals surface area contributed by atoms with E-state index in [1.807, 2.05) is 26.8 Å². The molecular weight excluding hydrogens is 371 g/mol. The third-order valence-electron chi connectivity index (χ3n) is 4.21. The van der Waals surface area contributed by atoms with Gasteiger partial charge >= 0.3 is 6.18 Å². The van der Waals surface area contributed by atoms with Crippen molar-refractivity contribution in [3.05, 3.63) is 42.0 Å². The van der Waals surface area contributed by atoms with E-state index in [1.54, 1.807) is 6.07 Å². The van der Waals surface area contributed by atoms with Gasteiger partial charge in [-0.1, -0.05) is 12.1 Å². The minimum absolute atomic E-state index is 0.394. The van der Waals surface area contributed by atoms with E-state index in [0.29, 0.717) is 53.7 Å². The topological polar surface area (TPSA) is 43.5 Å². The number of hydrogen-bond acceptors (Lipinski definition) is 3. The predicted octanol–water partition coefficient (Wildman–Crippen LogP) is 6.05. The number of alkyl halides is 3. The minimum Gasteiger partial charge on any atom is -0.491 e. The van der Waals surface area contributed by atoms with Crippen LogP contribution in [-0.2, 0) is 6.18 Å². The van der Waals surface area contributed by atoms with E-state index in [9.17, 15) is 13.2 Å². The van der Waals surface area contributed by atoms with Gasteiger partial charge in [0.15, 0.2) is 17.2 Å². The second-order valence-electron chi connectivity index (χ2n) is 6.02. The van der Waals surface area contributed by atoms with Gasteiger partial charge in [-0.05, 0) is 45.0 Å². The zero-order valence-electron chi connectivity index (χ0n) is 15.9. The van der Waals surface area contributed by atoms with Crippen LogP contribution in [0, 0.1) is 0 Å². The first-order valence-electron chi connectivity index (χ1n) is 9.15. The first kappa shape index (κ1) is 19.9. The summed E-state index contributed by atoms with van der Waals surface area (Å²) in [5, 5.41) is 0.713. The van der Waals surface area contributed by atoms with Crippen molar-refractivity contribution in [3.8, 4) is 28.5 Å². The van der Waals surface area contributed by atoms with E-state index in [4.69, 9.17) is 14.2 Å². The summed E-state index contributed by atoms with van der Waals surface area (Å²) in [5.74, 6) is 1.68. The molecule has 0 saturated carbocycles. The molecule has 0 bridgehead atoms. The average molecular weight is 393 g/mol. The van der Waals surface area contributed by atoms with Gasteiger partial charge in [-0.3, -0.25) is 0 Å². The van der Waals surface area contributed by atoms with E-state index in [-0.39, 0.29) is 0 Å². The quantitative estimate of drug-likeness (QED) is 0.531. The van der Waals surface area contributed by atoms with E-state index < -0.39 is 11.7 Å². The number of H-pyrrole nitrogens is 1. The van der Waals surface area contributed by atoms with E-state index >= 15 is 0 Å². The standard InChI is InChI=1S/C21H22F3NO3/c1-4-26-16-12-11-15-17(19(16)27-5-2)20(28-6-3)18(25-15)13-7-9-14(10-8-13)21(22,23)24/h7-12,25H,4-6H2,1-3H3. The largest absolute Gasteiger partial charge is 0.491 e. The molecule has 1 N–H and O–H groups in total. The number of benzene rings is 2. The van der Waals surface area contributed by atoms with Gasteiger partial charge in [0, 0.05) is 5.56 Å². The summed E-state index contributed by atoms with van der Waals surface area (Å²) in [6, 6.07) is 8.63.